The second kappa shape index (κ2) is 5.55. The molecular formula is C11H18N4OS. The lowest BCUT2D eigenvalue weighted by Crippen LogP contribution is -2.43. The van der Waals surface area contributed by atoms with Crippen molar-refractivity contribution in [2.75, 3.05) is 29.9 Å². The molecule has 1 amide bonds. The normalized spacial score (nSPS) is 15.6. The number of thioether (sulfide) groups is 1. The first-order valence-corrected chi connectivity index (χ1v) is 6.92. The average molecular weight is 254 g/mol. The molecule has 2 rings (SSSR count). The fourth-order valence-electron chi connectivity index (χ4n) is 1.70. The summed E-state index contributed by atoms with van der Waals surface area (Å²) in [4.78, 5) is 11.7. The summed E-state index contributed by atoms with van der Waals surface area (Å²) in [6, 6.07) is 0. The molecule has 0 atom stereocenters. The van der Waals surface area contributed by atoms with Gasteiger partial charge in [-0.2, -0.15) is 16.9 Å². The van der Waals surface area contributed by atoms with E-state index in [1.807, 2.05) is 13.8 Å². The molecule has 0 saturated carbocycles. The predicted molar refractivity (Wildman–Crippen MR) is 70.4 cm³/mol. The summed E-state index contributed by atoms with van der Waals surface area (Å²) in [6.07, 6.45) is 0. The fourth-order valence-corrected chi connectivity index (χ4v) is 2.64. The van der Waals surface area contributed by atoms with Crippen LogP contribution in [0.15, 0.2) is 0 Å². The fraction of sp³-hybridized carbons (Fsp3) is 0.636. The third-order valence-electron chi connectivity index (χ3n) is 2.85. The number of nitrogens with zero attached hydrogens (tertiary/aromatic N) is 1. The van der Waals surface area contributed by atoms with Gasteiger partial charge in [0.05, 0.1) is 22.8 Å². The largest absolute Gasteiger partial charge is 0.322 e. The van der Waals surface area contributed by atoms with Gasteiger partial charge in [0.1, 0.15) is 0 Å². The number of hydrogen-bond acceptors (Lipinski definition) is 4. The van der Waals surface area contributed by atoms with Crippen LogP contribution in [0.1, 0.15) is 11.4 Å². The zero-order valence-corrected chi connectivity index (χ0v) is 11.0. The van der Waals surface area contributed by atoms with Crippen LogP contribution in [0.5, 0.6) is 0 Å². The van der Waals surface area contributed by atoms with Crippen molar-refractivity contribution in [3.63, 3.8) is 0 Å². The number of hydrogen-bond donors (Lipinski definition) is 3. The Morgan fingerprint density at radius 2 is 2.29 bits per heavy atom. The maximum Gasteiger partial charge on any atom is 0.234 e. The monoisotopic (exact) mass is 254 g/mol. The minimum absolute atomic E-state index is 0.0508. The highest BCUT2D eigenvalue weighted by Gasteiger charge is 2.17. The van der Waals surface area contributed by atoms with Crippen LogP contribution < -0.4 is 10.6 Å². The lowest BCUT2D eigenvalue weighted by Gasteiger charge is -2.26. The Bertz CT molecular complexity index is 381. The number of H-pyrrole nitrogens is 1. The van der Waals surface area contributed by atoms with E-state index in [2.05, 4.69) is 20.8 Å². The summed E-state index contributed by atoms with van der Waals surface area (Å²) in [5, 5.41) is 13.0. The molecule has 0 aromatic carbocycles. The molecule has 0 unspecified atom stereocenters. The summed E-state index contributed by atoms with van der Waals surface area (Å²) in [7, 11) is 0. The lowest BCUT2D eigenvalue weighted by molar-refractivity contribution is -0.113. The quantitative estimate of drug-likeness (QED) is 0.731. The van der Waals surface area contributed by atoms with Gasteiger partial charge in [0.25, 0.3) is 0 Å². The summed E-state index contributed by atoms with van der Waals surface area (Å²) in [6.45, 7) is 5.97. The molecular weight excluding hydrogens is 236 g/mol. The van der Waals surface area contributed by atoms with Crippen LogP contribution >= 0.6 is 11.8 Å². The Hall–Kier alpha value is -1.01. The highest BCUT2D eigenvalue weighted by atomic mass is 32.2. The van der Waals surface area contributed by atoms with E-state index in [9.17, 15) is 4.79 Å². The predicted octanol–water partition coefficient (Wildman–Crippen LogP) is 0.918. The zero-order valence-electron chi connectivity index (χ0n) is 10.2. The molecule has 0 bridgehead atoms. The molecule has 6 heteroatoms. The zero-order chi connectivity index (χ0) is 12.3. The Morgan fingerprint density at radius 3 is 2.82 bits per heavy atom. The second-order valence-electron chi connectivity index (χ2n) is 4.40. The number of aryl methyl sites for hydroxylation is 2. The highest BCUT2D eigenvalue weighted by molar-refractivity contribution is 7.99. The standard InChI is InChI=1S/C11H18N4OS/c1-7-11(8(2)15-14-7)13-10(16)6-17-5-9-3-12-4-9/h9,12H,3-6H2,1-2H3,(H,13,16)(H,14,15). The summed E-state index contributed by atoms with van der Waals surface area (Å²) < 4.78 is 0. The smallest absolute Gasteiger partial charge is 0.234 e. The molecule has 2 heterocycles. The van der Waals surface area contributed by atoms with Crippen molar-refractivity contribution in [2.45, 2.75) is 13.8 Å². The van der Waals surface area contributed by atoms with E-state index in [-0.39, 0.29) is 5.91 Å². The van der Waals surface area contributed by atoms with E-state index in [0.29, 0.717) is 5.75 Å². The van der Waals surface area contributed by atoms with Crippen molar-refractivity contribution in [3.8, 4) is 0 Å². The van der Waals surface area contributed by atoms with Gasteiger partial charge in [0.2, 0.25) is 5.91 Å². The van der Waals surface area contributed by atoms with Crippen LogP contribution in [-0.4, -0.2) is 40.7 Å². The Labute approximate surface area is 105 Å². The Morgan fingerprint density at radius 1 is 1.53 bits per heavy atom. The van der Waals surface area contributed by atoms with E-state index in [0.717, 1.165) is 41.8 Å². The molecule has 5 nitrogen and oxygen atoms in total. The molecule has 1 aromatic heterocycles. The summed E-state index contributed by atoms with van der Waals surface area (Å²) in [5.74, 6) is 2.37. The minimum atomic E-state index is 0.0508. The van der Waals surface area contributed by atoms with Crippen molar-refractivity contribution in [3.05, 3.63) is 11.4 Å². The molecule has 94 valence electrons. The number of carbonyl (C=O) groups excluding carboxylic acids is 1. The van der Waals surface area contributed by atoms with Crippen LogP contribution in [0.25, 0.3) is 0 Å². The van der Waals surface area contributed by atoms with Crippen LogP contribution in [-0.2, 0) is 4.79 Å². The lowest BCUT2D eigenvalue weighted by atomic mass is 10.1. The van der Waals surface area contributed by atoms with Gasteiger partial charge in [-0.3, -0.25) is 9.89 Å². The van der Waals surface area contributed by atoms with E-state index in [1.165, 1.54) is 0 Å². The van der Waals surface area contributed by atoms with E-state index < -0.39 is 0 Å². The maximum absolute atomic E-state index is 11.7. The van der Waals surface area contributed by atoms with Gasteiger partial charge in [-0.15, -0.1) is 0 Å². The minimum Gasteiger partial charge on any atom is -0.322 e. The first-order valence-electron chi connectivity index (χ1n) is 5.76. The van der Waals surface area contributed by atoms with Gasteiger partial charge in [0, 0.05) is 0 Å². The number of nitrogens with one attached hydrogen (secondary N) is 3. The number of amides is 1. The second-order valence-corrected chi connectivity index (χ2v) is 5.43. The van der Waals surface area contributed by atoms with E-state index >= 15 is 0 Å². The van der Waals surface area contributed by atoms with Gasteiger partial charge in [-0.25, -0.2) is 0 Å². The van der Waals surface area contributed by atoms with Crippen LogP contribution in [0.4, 0.5) is 5.69 Å². The van der Waals surface area contributed by atoms with Crippen molar-refractivity contribution >= 4 is 23.4 Å². The van der Waals surface area contributed by atoms with Crippen molar-refractivity contribution in [2.24, 2.45) is 5.92 Å². The summed E-state index contributed by atoms with van der Waals surface area (Å²) >= 11 is 1.70. The van der Waals surface area contributed by atoms with Crippen molar-refractivity contribution < 1.29 is 4.79 Å². The maximum atomic E-state index is 11.7. The topological polar surface area (TPSA) is 69.8 Å². The van der Waals surface area contributed by atoms with Gasteiger partial charge in [-0.05, 0) is 38.6 Å². The molecule has 1 saturated heterocycles. The van der Waals surface area contributed by atoms with Crippen LogP contribution in [0, 0.1) is 19.8 Å². The molecule has 1 aromatic rings. The number of rotatable bonds is 5. The number of aromatic amines is 1. The number of anilines is 1. The van der Waals surface area contributed by atoms with Crippen molar-refractivity contribution in [1.82, 2.24) is 15.5 Å². The van der Waals surface area contributed by atoms with E-state index in [4.69, 9.17) is 0 Å². The molecule has 1 fully saturated rings. The van der Waals surface area contributed by atoms with E-state index in [1.54, 1.807) is 11.8 Å². The Balaban J connectivity index is 1.73. The Kier molecular flexibility index (Phi) is 4.06. The summed E-state index contributed by atoms with van der Waals surface area (Å²) in [5.41, 5.74) is 2.56. The van der Waals surface area contributed by atoms with Crippen LogP contribution in [0.3, 0.4) is 0 Å². The molecule has 1 aliphatic heterocycles. The van der Waals surface area contributed by atoms with Gasteiger partial charge >= 0.3 is 0 Å². The van der Waals surface area contributed by atoms with Gasteiger partial charge < -0.3 is 10.6 Å². The molecule has 0 radical (unpaired) electrons. The molecule has 17 heavy (non-hydrogen) atoms. The third-order valence-corrected chi connectivity index (χ3v) is 4.02. The molecule has 0 aliphatic carbocycles. The van der Waals surface area contributed by atoms with Gasteiger partial charge in [0.15, 0.2) is 0 Å². The third kappa shape index (κ3) is 3.23. The number of carbonyl (C=O) groups is 1. The average Bonchev–Trinajstić information content (AvgIpc) is 2.53. The highest BCUT2D eigenvalue weighted by Crippen LogP contribution is 2.17. The van der Waals surface area contributed by atoms with Crippen LogP contribution in [0.2, 0.25) is 0 Å². The van der Waals surface area contributed by atoms with Crippen molar-refractivity contribution in [1.29, 1.82) is 0 Å². The molecule has 1 aliphatic rings. The molecule has 0 spiro atoms. The SMILES string of the molecule is Cc1n[nH]c(C)c1NC(=O)CSCC1CNC1. The number of aromatic nitrogens is 2. The first-order chi connectivity index (χ1) is 8.16. The first kappa shape index (κ1) is 12.4. The van der Waals surface area contributed by atoms with Gasteiger partial charge in [-0.1, -0.05) is 0 Å². The molecule has 3 N–H and O–H groups in total.